The zero-order valence-corrected chi connectivity index (χ0v) is 8.24. The molecule has 0 aliphatic heterocycles. The molecule has 0 amide bonds. The van der Waals surface area contributed by atoms with Crippen molar-refractivity contribution >= 4 is 5.82 Å². The van der Waals surface area contributed by atoms with Gasteiger partial charge < -0.3 is 15.3 Å². The van der Waals surface area contributed by atoms with E-state index in [9.17, 15) is 0 Å². The average Bonchev–Trinajstić information content (AvgIpc) is 2.18. The third-order valence-electron chi connectivity index (χ3n) is 1.68. The number of aliphatic hydroxyl groups excluding tert-OH is 1. The summed E-state index contributed by atoms with van der Waals surface area (Å²) < 4.78 is 5.21. The van der Waals surface area contributed by atoms with Gasteiger partial charge in [0.15, 0.2) is 0 Å². The number of hydrogen-bond donors (Lipinski definition) is 3. The van der Waals surface area contributed by atoms with Crippen molar-refractivity contribution < 1.29 is 9.84 Å². The van der Waals surface area contributed by atoms with E-state index in [1.165, 1.54) is 0 Å². The smallest absolute Gasteiger partial charge is 0.221 e. The summed E-state index contributed by atoms with van der Waals surface area (Å²) >= 11 is 0. The Kier molecular flexibility index (Phi) is 3.61. The molecule has 4 N–H and O–H groups in total. The van der Waals surface area contributed by atoms with Crippen LogP contribution in [0.5, 0.6) is 5.88 Å². The van der Waals surface area contributed by atoms with Gasteiger partial charge in [-0.3, -0.25) is 0 Å². The first-order valence-electron chi connectivity index (χ1n) is 4.24. The van der Waals surface area contributed by atoms with E-state index in [4.69, 9.17) is 15.7 Å². The first-order valence-corrected chi connectivity index (χ1v) is 4.24. The van der Waals surface area contributed by atoms with Crippen molar-refractivity contribution in [1.82, 2.24) is 9.97 Å². The summed E-state index contributed by atoms with van der Waals surface area (Å²) in [6.07, 6.45) is 0. The Morgan fingerprint density at radius 2 is 2.14 bits per heavy atom. The number of ether oxygens (including phenoxy) is 1. The van der Waals surface area contributed by atoms with Crippen LogP contribution in [0.1, 0.15) is 11.4 Å². The quantitative estimate of drug-likeness (QED) is 0.456. The maximum Gasteiger partial charge on any atom is 0.221 e. The molecule has 6 nitrogen and oxygen atoms in total. The summed E-state index contributed by atoms with van der Waals surface area (Å²) in [6, 6.07) is 0. The second kappa shape index (κ2) is 4.73. The number of aromatic nitrogens is 2. The highest BCUT2D eigenvalue weighted by Crippen LogP contribution is 2.20. The number of hydrazine groups is 1. The van der Waals surface area contributed by atoms with Crippen molar-refractivity contribution in [2.45, 2.75) is 13.8 Å². The fourth-order valence-corrected chi connectivity index (χ4v) is 1.03. The normalized spacial score (nSPS) is 10.0. The molecule has 1 aromatic heterocycles. The highest BCUT2D eigenvalue weighted by Gasteiger charge is 2.08. The van der Waals surface area contributed by atoms with Crippen LogP contribution >= 0.6 is 0 Å². The van der Waals surface area contributed by atoms with E-state index in [1.807, 2.05) is 0 Å². The molecule has 6 heteroatoms. The molecule has 0 saturated carbocycles. The van der Waals surface area contributed by atoms with Crippen LogP contribution in [0.15, 0.2) is 0 Å². The molecular weight excluding hydrogens is 184 g/mol. The summed E-state index contributed by atoms with van der Waals surface area (Å²) in [5.41, 5.74) is 3.19. The fourth-order valence-electron chi connectivity index (χ4n) is 1.03. The van der Waals surface area contributed by atoms with E-state index < -0.39 is 0 Å². The number of nitrogens with two attached hydrogens (primary N) is 1. The first kappa shape index (κ1) is 10.7. The van der Waals surface area contributed by atoms with Gasteiger partial charge in [0.2, 0.25) is 5.88 Å². The molecule has 0 bridgehead atoms. The zero-order chi connectivity index (χ0) is 10.6. The van der Waals surface area contributed by atoms with Gasteiger partial charge in [-0.25, -0.2) is 10.8 Å². The standard InChI is InChI=1S/C8H14N4O2/c1-5-7(12-9)10-6(2)11-8(5)14-4-3-13/h13H,3-4,9H2,1-2H3,(H,10,11,12). The van der Waals surface area contributed by atoms with Crippen LogP contribution in [0.25, 0.3) is 0 Å². The molecule has 0 aromatic carbocycles. The van der Waals surface area contributed by atoms with Crippen LogP contribution in [0, 0.1) is 13.8 Å². The van der Waals surface area contributed by atoms with Gasteiger partial charge in [0, 0.05) is 0 Å². The lowest BCUT2D eigenvalue weighted by Gasteiger charge is -2.10. The number of rotatable bonds is 4. The summed E-state index contributed by atoms with van der Waals surface area (Å²) in [4.78, 5) is 8.15. The minimum atomic E-state index is -0.0477. The molecule has 1 aromatic rings. The van der Waals surface area contributed by atoms with Crippen LogP contribution in [0.3, 0.4) is 0 Å². The lowest BCUT2D eigenvalue weighted by Crippen LogP contribution is -2.13. The predicted octanol–water partition coefficient (Wildman–Crippen LogP) is -0.250. The second-order valence-corrected chi connectivity index (χ2v) is 2.77. The number of nitrogens with zero attached hydrogens (tertiary/aromatic N) is 2. The minimum Gasteiger partial charge on any atom is -0.475 e. The number of anilines is 1. The van der Waals surface area contributed by atoms with Crippen LogP contribution < -0.4 is 16.0 Å². The second-order valence-electron chi connectivity index (χ2n) is 2.77. The molecule has 0 radical (unpaired) electrons. The van der Waals surface area contributed by atoms with E-state index in [0.717, 1.165) is 5.56 Å². The van der Waals surface area contributed by atoms with Crippen molar-refractivity contribution in [2.75, 3.05) is 18.6 Å². The monoisotopic (exact) mass is 198 g/mol. The molecular formula is C8H14N4O2. The highest BCUT2D eigenvalue weighted by molar-refractivity contribution is 5.47. The topological polar surface area (TPSA) is 93.3 Å². The van der Waals surface area contributed by atoms with Crippen molar-refractivity contribution in [3.63, 3.8) is 0 Å². The average molecular weight is 198 g/mol. The SMILES string of the molecule is Cc1nc(NN)c(C)c(OCCO)n1. The van der Waals surface area contributed by atoms with E-state index in [-0.39, 0.29) is 13.2 Å². The Balaban J connectivity index is 2.96. The van der Waals surface area contributed by atoms with Crippen LogP contribution in [0.2, 0.25) is 0 Å². The molecule has 0 atom stereocenters. The minimum absolute atomic E-state index is 0.0477. The van der Waals surface area contributed by atoms with Crippen molar-refractivity contribution in [2.24, 2.45) is 5.84 Å². The van der Waals surface area contributed by atoms with Gasteiger partial charge in [0.1, 0.15) is 18.2 Å². The Labute approximate surface area is 82.1 Å². The summed E-state index contributed by atoms with van der Waals surface area (Å²) in [5.74, 6) is 6.81. The molecule has 0 spiro atoms. The number of aliphatic hydroxyl groups is 1. The van der Waals surface area contributed by atoms with Crippen LogP contribution in [-0.4, -0.2) is 28.3 Å². The van der Waals surface area contributed by atoms with Gasteiger partial charge >= 0.3 is 0 Å². The van der Waals surface area contributed by atoms with Crippen molar-refractivity contribution in [1.29, 1.82) is 0 Å². The van der Waals surface area contributed by atoms with Crippen LogP contribution in [-0.2, 0) is 0 Å². The zero-order valence-electron chi connectivity index (χ0n) is 8.24. The van der Waals surface area contributed by atoms with Gasteiger partial charge in [-0.2, -0.15) is 4.98 Å². The number of aryl methyl sites for hydroxylation is 1. The predicted molar refractivity (Wildman–Crippen MR) is 51.9 cm³/mol. The van der Waals surface area contributed by atoms with Crippen molar-refractivity contribution in [3.8, 4) is 5.88 Å². The largest absolute Gasteiger partial charge is 0.475 e. The van der Waals surface area contributed by atoms with E-state index >= 15 is 0 Å². The molecule has 0 aliphatic carbocycles. The number of nitrogens with one attached hydrogen (secondary N) is 1. The van der Waals surface area contributed by atoms with E-state index in [2.05, 4.69) is 15.4 Å². The maximum absolute atomic E-state index is 8.61. The molecule has 0 unspecified atom stereocenters. The van der Waals surface area contributed by atoms with Gasteiger partial charge in [-0.1, -0.05) is 0 Å². The summed E-state index contributed by atoms with van der Waals surface area (Å²) in [6.45, 7) is 3.70. The first-order chi connectivity index (χ1) is 6.69. The number of nitrogen functional groups attached to an aromatic ring is 1. The molecule has 0 fully saturated rings. The van der Waals surface area contributed by atoms with Crippen molar-refractivity contribution in [3.05, 3.63) is 11.4 Å². The Morgan fingerprint density at radius 3 is 2.71 bits per heavy atom. The third kappa shape index (κ3) is 2.30. The molecule has 78 valence electrons. The lowest BCUT2D eigenvalue weighted by atomic mass is 10.3. The molecule has 1 rings (SSSR count). The van der Waals surface area contributed by atoms with E-state index in [0.29, 0.717) is 17.5 Å². The highest BCUT2D eigenvalue weighted by atomic mass is 16.5. The Hall–Kier alpha value is -1.40. The Bertz CT molecular complexity index is 316. The molecule has 14 heavy (non-hydrogen) atoms. The number of hydrogen-bond acceptors (Lipinski definition) is 6. The Morgan fingerprint density at radius 1 is 1.43 bits per heavy atom. The van der Waals surface area contributed by atoms with Gasteiger partial charge in [0.25, 0.3) is 0 Å². The van der Waals surface area contributed by atoms with Gasteiger partial charge in [0.05, 0.1) is 12.2 Å². The maximum atomic E-state index is 8.61. The molecule has 0 saturated heterocycles. The summed E-state index contributed by atoms with van der Waals surface area (Å²) in [7, 11) is 0. The molecule has 0 aliphatic rings. The van der Waals surface area contributed by atoms with Crippen LogP contribution in [0.4, 0.5) is 5.82 Å². The lowest BCUT2D eigenvalue weighted by molar-refractivity contribution is 0.195. The summed E-state index contributed by atoms with van der Waals surface area (Å²) in [5, 5.41) is 8.61. The van der Waals surface area contributed by atoms with E-state index in [1.54, 1.807) is 13.8 Å². The van der Waals surface area contributed by atoms with Gasteiger partial charge in [-0.05, 0) is 13.8 Å². The molecule has 1 heterocycles. The fraction of sp³-hybridized carbons (Fsp3) is 0.500. The van der Waals surface area contributed by atoms with Gasteiger partial charge in [-0.15, -0.1) is 0 Å². The third-order valence-corrected chi connectivity index (χ3v) is 1.68.